The van der Waals surface area contributed by atoms with Crippen molar-refractivity contribution in [3.8, 4) is 0 Å². The van der Waals surface area contributed by atoms with Gasteiger partial charge in [-0.2, -0.15) is 5.10 Å². The summed E-state index contributed by atoms with van der Waals surface area (Å²) in [7, 11) is 1.63. The van der Waals surface area contributed by atoms with Crippen LogP contribution in [0.3, 0.4) is 0 Å². The van der Waals surface area contributed by atoms with Gasteiger partial charge in [-0.15, -0.1) is 0 Å². The molecule has 0 N–H and O–H groups in total. The maximum atomic E-state index is 11.6. The van der Waals surface area contributed by atoms with Gasteiger partial charge >= 0.3 is 0 Å². The zero-order valence-corrected chi connectivity index (χ0v) is 8.28. The Bertz CT molecular complexity index is 510. The Kier molecular flexibility index (Phi) is 2.11. The van der Waals surface area contributed by atoms with E-state index in [0.29, 0.717) is 11.0 Å². The lowest BCUT2D eigenvalue weighted by Crippen LogP contribution is -2.18. The van der Waals surface area contributed by atoms with Crippen molar-refractivity contribution in [3.05, 3.63) is 28.4 Å². The van der Waals surface area contributed by atoms with Gasteiger partial charge in [-0.1, -0.05) is 6.92 Å². The molecule has 2 aromatic rings. The molecule has 74 valence electrons. The largest absolute Gasteiger partial charge is 0.459 e. The monoisotopic (exact) mass is 192 g/mol. The van der Waals surface area contributed by atoms with Crippen LogP contribution >= 0.6 is 0 Å². The first-order valence-corrected chi connectivity index (χ1v) is 4.67. The fourth-order valence-corrected chi connectivity index (χ4v) is 1.46. The summed E-state index contributed by atoms with van der Waals surface area (Å²) in [6, 6.07) is 1.81. The van der Waals surface area contributed by atoms with Crippen LogP contribution in [0.2, 0.25) is 0 Å². The summed E-state index contributed by atoms with van der Waals surface area (Å²) >= 11 is 0. The van der Waals surface area contributed by atoms with Gasteiger partial charge in [0.05, 0.1) is 11.6 Å². The summed E-state index contributed by atoms with van der Waals surface area (Å²) in [6.45, 7) is 2.07. The van der Waals surface area contributed by atoms with Gasteiger partial charge in [-0.25, -0.2) is 4.68 Å². The Balaban J connectivity index is 2.65. The zero-order valence-electron chi connectivity index (χ0n) is 8.28. The van der Waals surface area contributed by atoms with Crippen LogP contribution in [0.15, 0.2) is 21.5 Å². The van der Waals surface area contributed by atoms with E-state index in [4.69, 9.17) is 4.42 Å². The zero-order chi connectivity index (χ0) is 10.1. The fourth-order valence-electron chi connectivity index (χ4n) is 1.46. The van der Waals surface area contributed by atoms with E-state index in [-0.39, 0.29) is 5.56 Å². The minimum absolute atomic E-state index is 0.103. The predicted octanol–water partition coefficient (Wildman–Crippen LogP) is 1.48. The molecule has 14 heavy (non-hydrogen) atoms. The first-order chi connectivity index (χ1) is 6.72. The van der Waals surface area contributed by atoms with Gasteiger partial charge in [0, 0.05) is 13.5 Å². The Morgan fingerprint density at radius 3 is 3.07 bits per heavy atom. The molecular formula is C10H12N2O2. The van der Waals surface area contributed by atoms with E-state index in [2.05, 4.69) is 12.0 Å². The van der Waals surface area contributed by atoms with Crippen LogP contribution in [0.5, 0.6) is 0 Å². The van der Waals surface area contributed by atoms with Crippen molar-refractivity contribution in [2.45, 2.75) is 19.8 Å². The van der Waals surface area contributed by atoms with Crippen molar-refractivity contribution in [3.63, 3.8) is 0 Å². The standard InChI is InChI=1S/C10H12N2O2/c1-3-4-7-5-8-9(14-7)6-11-12(2)10(8)13/h5-6H,3-4H2,1-2H3. The number of aryl methyl sites for hydroxylation is 2. The average molecular weight is 192 g/mol. The van der Waals surface area contributed by atoms with Gasteiger partial charge in [0.15, 0.2) is 5.58 Å². The predicted molar refractivity (Wildman–Crippen MR) is 53.2 cm³/mol. The molecule has 2 rings (SSSR count). The number of aromatic nitrogens is 2. The Hall–Kier alpha value is -1.58. The first-order valence-electron chi connectivity index (χ1n) is 4.67. The summed E-state index contributed by atoms with van der Waals surface area (Å²) < 4.78 is 6.78. The second-order valence-electron chi connectivity index (χ2n) is 3.31. The molecule has 0 atom stereocenters. The molecule has 4 nitrogen and oxygen atoms in total. The summed E-state index contributed by atoms with van der Waals surface area (Å²) in [4.78, 5) is 11.6. The minimum Gasteiger partial charge on any atom is -0.459 e. The van der Waals surface area contributed by atoms with Gasteiger partial charge in [-0.05, 0) is 12.5 Å². The third-order valence-electron chi connectivity index (χ3n) is 2.18. The third kappa shape index (κ3) is 1.32. The number of rotatable bonds is 2. The molecule has 0 aliphatic heterocycles. The van der Waals surface area contributed by atoms with Gasteiger partial charge in [0.25, 0.3) is 5.56 Å². The number of fused-ring (bicyclic) bond motifs is 1. The second-order valence-corrected chi connectivity index (χ2v) is 3.31. The molecule has 0 aromatic carbocycles. The van der Waals surface area contributed by atoms with Crippen LogP contribution in [0, 0.1) is 0 Å². The highest BCUT2D eigenvalue weighted by Crippen LogP contribution is 2.15. The number of furan rings is 1. The van der Waals surface area contributed by atoms with Crippen molar-refractivity contribution in [2.24, 2.45) is 7.05 Å². The number of hydrogen-bond acceptors (Lipinski definition) is 3. The summed E-state index contributed by atoms with van der Waals surface area (Å²) in [5.41, 5.74) is 0.477. The van der Waals surface area contributed by atoms with Gasteiger partial charge in [-0.3, -0.25) is 4.79 Å². The van der Waals surface area contributed by atoms with Crippen molar-refractivity contribution in [2.75, 3.05) is 0 Å². The van der Waals surface area contributed by atoms with Crippen LogP contribution in [0.1, 0.15) is 19.1 Å². The van der Waals surface area contributed by atoms with E-state index in [0.717, 1.165) is 18.6 Å². The molecule has 0 fully saturated rings. The van der Waals surface area contributed by atoms with Crippen LogP contribution in [-0.4, -0.2) is 9.78 Å². The van der Waals surface area contributed by atoms with Crippen LogP contribution < -0.4 is 5.56 Å². The van der Waals surface area contributed by atoms with Crippen LogP contribution in [0.4, 0.5) is 0 Å². The number of nitrogens with zero attached hydrogens (tertiary/aromatic N) is 2. The molecule has 0 amide bonds. The molecule has 0 radical (unpaired) electrons. The molecular weight excluding hydrogens is 180 g/mol. The second kappa shape index (κ2) is 3.29. The highest BCUT2D eigenvalue weighted by atomic mass is 16.3. The van der Waals surface area contributed by atoms with Crippen molar-refractivity contribution >= 4 is 11.0 Å². The third-order valence-corrected chi connectivity index (χ3v) is 2.18. The molecule has 0 saturated heterocycles. The van der Waals surface area contributed by atoms with Gasteiger partial charge < -0.3 is 4.42 Å². The van der Waals surface area contributed by atoms with E-state index in [1.54, 1.807) is 13.2 Å². The van der Waals surface area contributed by atoms with Crippen molar-refractivity contribution in [1.29, 1.82) is 0 Å². The van der Waals surface area contributed by atoms with Gasteiger partial charge in [0.1, 0.15) is 5.76 Å². The smallest absolute Gasteiger partial charge is 0.277 e. The molecule has 4 heteroatoms. The molecule has 0 aliphatic rings. The topological polar surface area (TPSA) is 48.0 Å². The maximum absolute atomic E-state index is 11.6. The van der Waals surface area contributed by atoms with E-state index in [9.17, 15) is 4.79 Å². The Morgan fingerprint density at radius 2 is 2.36 bits per heavy atom. The molecule has 0 spiro atoms. The molecule has 0 bridgehead atoms. The van der Waals surface area contributed by atoms with Crippen LogP contribution in [-0.2, 0) is 13.5 Å². The summed E-state index contributed by atoms with van der Waals surface area (Å²) in [5, 5.41) is 4.51. The van der Waals surface area contributed by atoms with Crippen molar-refractivity contribution < 1.29 is 4.42 Å². The fraction of sp³-hybridized carbons (Fsp3) is 0.400. The average Bonchev–Trinajstić information content (AvgIpc) is 2.56. The quantitative estimate of drug-likeness (QED) is 0.724. The Morgan fingerprint density at radius 1 is 1.57 bits per heavy atom. The van der Waals surface area contributed by atoms with E-state index < -0.39 is 0 Å². The van der Waals surface area contributed by atoms with Crippen LogP contribution in [0.25, 0.3) is 11.0 Å². The molecule has 2 heterocycles. The lowest BCUT2D eigenvalue weighted by atomic mass is 10.2. The molecule has 0 saturated carbocycles. The highest BCUT2D eigenvalue weighted by Gasteiger charge is 2.07. The van der Waals surface area contributed by atoms with E-state index in [1.807, 2.05) is 6.07 Å². The molecule has 0 unspecified atom stereocenters. The maximum Gasteiger partial charge on any atom is 0.277 e. The first kappa shape index (κ1) is 8.99. The molecule has 0 aliphatic carbocycles. The van der Waals surface area contributed by atoms with Crippen molar-refractivity contribution in [1.82, 2.24) is 9.78 Å². The number of hydrogen-bond donors (Lipinski definition) is 0. The molecule has 2 aromatic heterocycles. The van der Waals surface area contributed by atoms with E-state index in [1.165, 1.54) is 4.68 Å². The SMILES string of the molecule is CCCc1cc2c(=O)n(C)ncc2o1. The summed E-state index contributed by atoms with van der Waals surface area (Å²) in [5.74, 6) is 0.854. The Labute approximate surface area is 81.1 Å². The highest BCUT2D eigenvalue weighted by molar-refractivity contribution is 5.75. The normalized spacial score (nSPS) is 11.0. The summed E-state index contributed by atoms with van der Waals surface area (Å²) in [6.07, 6.45) is 3.45. The lowest BCUT2D eigenvalue weighted by Gasteiger charge is -1.92. The van der Waals surface area contributed by atoms with E-state index >= 15 is 0 Å². The van der Waals surface area contributed by atoms with Gasteiger partial charge in [0.2, 0.25) is 0 Å². The lowest BCUT2D eigenvalue weighted by molar-refractivity contribution is 0.541. The minimum atomic E-state index is -0.103.